The highest BCUT2D eigenvalue weighted by Gasteiger charge is 2.24. The molecule has 1 aliphatic rings. The molecule has 0 bridgehead atoms. The second-order valence-electron chi connectivity index (χ2n) is 6.58. The highest BCUT2D eigenvalue weighted by Crippen LogP contribution is 2.29. The minimum Gasteiger partial charge on any atom is -0.460 e. The fourth-order valence-electron chi connectivity index (χ4n) is 3.14. The number of nitrogens with one attached hydrogen (secondary N) is 1. The lowest BCUT2D eigenvalue weighted by molar-refractivity contribution is -0.119. The molecule has 1 saturated carbocycles. The number of thiazole rings is 1. The Morgan fingerprint density at radius 3 is 2.71 bits per heavy atom. The standard InChI is InChI=1S/C19H19FN4O2S2/c20-12-9-21-18(22-10-12)26-14-7-5-13(6-8-14)23-17(25)11-27-19-24-15-3-1-2-4-16(15)28-19/h1-4,9-10,13-14H,5-8,11H2,(H,23,25). The Hall–Kier alpha value is -2.26. The third kappa shape index (κ3) is 4.96. The Labute approximate surface area is 169 Å². The number of para-hydroxylation sites is 1. The third-order valence-corrected chi connectivity index (χ3v) is 6.69. The van der Waals surface area contributed by atoms with Gasteiger partial charge in [-0.2, -0.15) is 0 Å². The summed E-state index contributed by atoms with van der Waals surface area (Å²) in [5, 5.41) is 3.10. The van der Waals surface area contributed by atoms with Gasteiger partial charge in [0, 0.05) is 6.04 Å². The van der Waals surface area contributed by atoms with E-state index in [0.29, 0.717) is 5.75 Å². The summed E-state index contributed by atoms with van der Waals surface area (Å²) in [4.78, 5) is 24.4. The van der Waals surface area contributed by atoms with Gasteiger partial charge in [0.1, 0.15) is 6.10 Å². The molecule has 0 aliphatic heterocycles. The van der Waals surface area contributed by atoms with Gasteiger partial charge in [-0.3, -0.25) is 4.79 Å². The van der Waals surface area contributed by atoms with Crippen molar-refractivity contribution in [1.82, 2.24) is 20.3 Å². The molecule has 0 radical (unpaired) electrons. The summed E-state index contributed by atoms with van der Waals surface area (Å²) in [6.45, 7) is 0. The number of nitrogens with zero attached hydrogens (tertiary/aromatic N) is 3. The van der Waals surface area contributed by atoms with E-state index >= 15 is 0 Å². The smallest absolute Gasteiger partial charge is 0.316 e. The van der Waals surface area contributed by atoms with Crippen LogP contribution in [0.15, 0.2) is 41.0 Å². The number of hydrogen-bond donors (Lipinski definition) is 1. The Morgan fingerprint density at radius 1 is 1.21 bits per heavy atom. The second kappa shape index (κ2) is 8.83. The Balaban J connectivity index is 1.20. The number of rotatable bonds is 6. The lowest BCUT2D eigenvalue weighted by atomic mass is 9.93. The second-order valence-corrected chi connectivity index (χ2v) is 8.83. The van der Waals surface area contributed by atoms with Gasteiger partial charge in [0.25, 0.3) is 0 Å². The molecule has 4 rings (SSSR count). The van der Waals surface area contributed by atoms with E-state index in [1.807, 2.05) is 24.3 Å². The molecule has 1 aromatic carbocycles. The number of amides is 1. The lowest BCUT2D eigenvalue weighted by Gasteiger charge is -2.28. The van der Waals surface area contributed by atoms with Crippen LogP contribution in [0.3, 0.4) is 0 Å². The summed E-state index contributed by atoms with van der Waals surface area (Å²) >= 11 is 3.08. The van der Waals surface area contributed by atoms with Crippen molar-refractivity contribution in [2.75, 3.05) is 5.75 Å². The molecule has 1 N–H and O–H groups in total. The summed E-state index contributed by atoms with van der Waals surface area (Å²) < 4.78 is 20.6. The van der Waals surface area contributed by atoms with E-state index in [4.69, 9.17) is 4.74 Å². The number of halogens is 1. The van der Waals surface area contributed by atoms with E-state index in [2.05, 4.69) is 20.3 Å². The number of hydrogen-bond acceptors (Lipinski definition) is 7. The van der Waals surface area contributed by atoms with Gasteiger partial charge in [-0.1, -0.05) is 23.9 Å². The first-order valence-corrected chi connectivity index (χ1v) is 10.9. The number of carbonyl (C=O) groups excluding carboxylic acids is 1. The van der Waals surface area contributed by atoms with Crippen LogP contribution in [-0.4, -0.2) is 38.8 Å². The van der Waals surface area contributed by atoms with Crippen molar-refractivity contribution in [3.63, 3.8) is 0 Å². The number of fused-ring (bicyclic) bond motifs is 1. The third-order valence-electron chi connectivity index (χ3n) is 4.51. The fourth-order valence-corrected chi connectivity index (χ4v) is 5.02. The summed E-state index contributed by atoms with van der Waals surface area (Å²) in [5.74, 6) is -0.0994. The van der Waals surface area contributed by atoms with Crippen molar-refractivity contribution in [2.45, 2.75) is 42.2 Å². The van der Waals surface area contributed by atoms with Crippen LogP contribution in [-0.2, 0) is 4.79 Å². The van der Waals surface area contributed by atoms with Gasteiger partial charge in [0.05, 0.1) is 28.4 Å². The topological polar surface area (TPSA) is 77.0 Å². The van der Waals surface area contributed by atoms with E-state index < -0.39 is 5.82 Å². The molecule has 1 amide bonds. The van der Waals surface area contributed by atoms with E-state index in [1.54, 1.807) is 11.3 Å². The van der Waals surface area contributed by atoms with Crippen LogP contribution in [0.1, 0.15) is 25.7 Å². The maximum absolute atomic E-state index is 12.8. The summed E-state index contributed by atoms with van der Waals surface area (Å²) in [7, 11) is 0. The normalized spacial score (nSPS) is 19.5. The predicted molar refractivity (Wildman–Crippen MR) is 107 cm³/mol. The number of ether oxygens (including phenoxy) is 1. The van der Waals surface area contributed by atoms with Crippen molar-refractivity contribution in [1.29, 1.82) is 0 Å². The zero-order valence-corrected chi connectivity index (χ0v) is 16.6. The molecule has 0 spiro atoms. The van der Waals surface area contributed by atoms with Crippen LogP contribution >= 0.6 is 23.1 Å². The number of carbonyl (C=O) groups is 1. The highest BCUT2D eigenvalue weighted by atomic mass is 32.2. The summed E-state index contributed by atoms with van der Waals surface area (Å²) in [6, 6.07) is 8.32. The van der Waals surface area contributed by atoms with Gasteiger partial charge >= 0.3 is 6.01 Å². The molecule has 28 heavy (non-hydrogen) atoms. The molecular weight excluding hydrogens is 399 g/mol. The summed E-state index contributed by atoms with van der Waals surface area (Å²) in [6.07, 6.45) is 5.46. The molecule has 1 aliphatic carbocycles. The van der Waals surface area contributed by atoms with Crippen molar-refractivity contribution in [3.05, 3.63) is 42.5 Å². The first-order chi connectivity index (χ1) is 13.7. The Bertz CT molecular complexity index is 910. The first-order valence-electron chi connectivity index (χ1n) is 9.07. The lowest BCUT2D eigenvalue weighted by Crippen LogP contribution is -2.40. The van der Waals surface area contributed by atoms with Crippen molar-refractivity contribution in [2.24, 2.45) is 0 Å². The number of aromatic nitrogens is 3. The van der Waals surface area contributed by atoms with Crippen LogP contribution < -0.4 is 10.1 Å². The maximum Gasteiger partial charge on any atom is 0.316 e. The van der Waals surface area contributed by atoms with Gasteiger partial charge in [-0.05, 0) is 37.8 Å². The molecule has 2 heterocycles. The fraction of sp³-hybridized carbons (Fsp3) is 0.368. The number of thioether (sulfide) groups is 1. The van der Waals surface area contributed by atoms with Crippen LogP contribution in [0.4, 0.5) is 4.39 Å². The van der Waals surface area contributed by atoms with Crippen molar-refractivity contribution < 1.29 is 13.9 Å². The SMILES string of the molecule is O=C(CSc1nc2ccccc2s1)NC1CCC(Oc2ncc(F)cn2)CC1. The number of benzene rings is 1. The molecular formula is C19H19FN4O2S2. The van der Waals surface area contributed by atoms with Gasteiger partial charge < -0.3 is 10.1 Å². The van der Waals surface area contributed by atoms with Crippen LogP contribution in [0.25, 0.3) is 10.2 Å². The molecule has 6 nitrogen and oxygen atoms in total. The molecule has 2 aromatic heterocycles. The van der Waals surface area contributed by atoms with Gasteiger partial charge in [0.2, 0.25) is 5.91 Å². The van der Waals surface area contributed by atoms with E-state index in [0.717, 1.165) is 52.6 Å². The Kier molecular flexibility index (Phi) is 6.01. The van der Waals surface area contributed by atoms with Gasteiger partial charge in [0.15, 0.2) is 10.2 Å². The predicted octanol–water partition coefficient (Wildman–Crippen LogP) is 3.82. The quantitative estimate of drug-likeness (QED) is 0.613. The van der Waals surface area contributed by atoms with Crippen LogP contribution in [0, 0.1) is 5.82 Å². The molecule has 0 unspecified atom stereocenters. The average Bonchev–Trinajstić information content (AvgIpc) is 3.13. The Morgan fingerprint density at radius 2 is 1.96 bits per heavy atom. The molecule has 3 aromatic rings. The molecule has 0 saturated heterocycles. The minimum absolute atomic E-state index is 0.00395. The largest absolute Gasteiger partial charge is 0.460 e. The summed E-state index contributed by atoms with van der Waals surface area (Å²) in [5.41, 5.74) is 0.971. The first kappa shape index (κ1) is 19.1. The average molecular weight is 419 g/mol. The van der Waals surface area contributed by atoms with Crippen LogP contribution in [0.5, 0.6) is 6.01 Å². The van der Waals surface area contributed by atoms with Gasteiger partial charge in [-0.25, -0.2) is 19.3 Å². The monoisotopic (exact) mass is 418 g/mol. The van der Waals surface area contributed by atoms with Crippen molar-refractivity contribution in [3.8, 4) is 6.01 Å². The molecule has 146 valence electrons. The van der Waals surface area contributed by atoms with E-state index in [1.165, 1.54) is 11.8 Å². The zero-order chi connectivity index (χ0) is 19.3. The highest BCUT2D eigenvalue weighted by molar-refractivity contribution is 8.01. The molecule has 9 heteroatoms. The molecule has 0 atom stereocenters. The van der Waals surface area contributed by atoms with E-state index in [-0.39, 0.29) is 24.1 Å². The minimum atomic E-state index is -0.484. The zero-order valence-electron chi connectivity index (χ0n) is 15.0. The van der Waals surface area contributed by atoms with Crippen LogP contribution in [0.2, 0.25) is 0 Å². The van der Waals surface area contributed by atoms with E-state index in [9.17, 15) is 9.18 Å². The van der Waals surface area contributed by atoms with Gasteiger partial charge in [-0.15, -0.1) is 11.3 Å². The maximum atomic E-state index is 12.8. The molecule has 1 fully saturated rings. The van der Waals surface area contributed by atoms with Crippen molar-refractivity contribution >= 4 is 39.2 Å².